The molecule has 1 heterocycles. The molecule has 6 atom stereocenters. The molecule has 34 heavy (non-hydrogen) atoms. The topological polar surface area (TPSA) is 71.1 Å². The predicted molar refractivity (Wildman–Crippen MR) is 139 cm³/mol. The lowest BCUT2D eigenvalue weighted by atomic mass is 9.87. The molecule has 0 aromatic rings. The Morgan fingerprint density at radius 3 is 2.35 bits per heavy atom. The highest BCUT2D eigenvalue weighted by Crippen LogP contribution is 2.28. The molecule has 0 aliphatic carbocycles. The number of carbonyl (C=O) groups is 2. The van der Waals surface area contributed by atoms with Gasteiger partial charge in [-0.05, 0) is 57.8 Å². The third-order valence-corrected chi connectivity index (χ3v) is 6.75. The molecule has 0 radical (unpaired) electrons. The second-order valence-corrected chi connectivity index (χ2v) is 14.8. The van der Waals surface area contributed by atoms with Crippen molar-refractivity contribution in [3.05, 3.63) is 47.3 Å². The van der Waals surface area contributed by atoms with Gasteiger partial charge in [-0.1, -0.05) is 56.2 Å². The van der Waals surface area contributed by atoms with Crippen LogP contribution in [0.1, 0.15) is 41.0 Å². The summed E-state index contributed by atoms with van der Waals surface area (Å²) in [6, 6.07) is 0. The van der Waals surface area contributed by atoms with Gasteiger partial charge in [0.1, 0.15) is 18.5 Å². The van der Waals surface area contributed by atoms with Crippen molar-refractivity contribution in [2.75, 3.05) is 14.2 Å². The highest BCUT2D eigenvalue weighted by atomic mass is 28.4. The summed E-state index contributed by atoms with van der Waals surface area (Å²) < 4.78 is 23.3. The Morgan fingerprint density at radius 1 is 1.18 bits per heavy atom. The van der Waals surface area contributed by atoms with Gasteiger partial charge in [-0.15, -0.1) is 0 Å². The highest BCUT2D eigenvalue weighted by Gasteiger charge is 2.31. The van der Waals surface area contributed by atoms with Crippen LogP contribution in [0.15, 0.2) is 47.3 Å². The molecule has 0 unspecified atom stereocenters. The van der Waals surface area contributed by atoms with E-state index in [-0.39, 0.29) is 17.8 Å². The summed E-state index contributed by atoms with van der Waals surface area (Å²) in [5.41, 5.74) is 2.08. The minimum absolute atomic E-state index is 0.0396. The van der Waals surface area contributed by atoms with Gasteiger partial charge in [0.05, 0.1) is 19.1 Å². The zero-order chi connectivity index (χ0) is 26.1. The Bertz CT molecular complexity index is 804. The van der Waals surface area contributed by atoms with Gasteiger partial charge in [0.15, 0.2) is 8.32 Å². The smallest absolute Gasteiger partial charge is 0.373 e. The second-order valence-electron chi connectivity index (χ2n) is 10.3. The predicted octanol–water partition coefficient (Wildman–Crippen LogP) is 5.62. The molecule has 6 nitrogen and oxygen atoms in total. The molecule has 0 bridgehead atoms. The van der Waals surface area contributed by atoms with E-state index in [1.165, 1.54) is 19.8 Å². The average Bonchev–Trinajstić information content (AvgIpc) is 2.75. The number of rotatable bonds is 6. The average molecular weight is 493 g/mol. The highest BCUT2D eigenvalue weighted by molar-refractivity contribution is 6.69. The first kappa shape index (κ1) is 30.1. The van der Waals surface area contributed by atoms with Gasteiger partial charge in [-0.2, -0.15) is 0 Å². The van der Waals surface area contributed by atoms with Crippen LogP contribution in [-0.4, -0.2) is 53.1 Å². The van der Waals surface area contributed by atoms with E-state index in [1.807, 2.05) is 25.2 Å². The van der Waals surface area contributed by atoms with Crippen LogP contribution in [0, 0.1) is 17.8 Å². The third kappa shape index (κ3) is 9.72. The first-order valence-electron chi connectivity index (χ1n) is 12.0. The summed E-state index contributed by atoms with van der Waals surface area (Å²) >= 11 is 0. The summed E-state index contributed by atoms with van der Waals surface area (Å²) in [6.45, 7) is 16.7. The lowest BCUT2D eigenvalue weighted by Gasteiger charge is -2.34. The van der Waals surface area contributed by atoms with E-state index in [0.29, 0.717) is 5.92 Å². The van der Waals surface area contributed by atoms with Crippen molar-refractivity contribution in [1.82, 2.24) is 0 Å². The van der Waals surface area contributed by atoms with Crippen molar-refractivity contribution in [2.24, 2.45) is 17.8 Å². The van der Waals surface area contributed by atoms with Crippen molar-refractivity contribution in [3.63, 3.8) is 0 Å². The standard InChI is InChI=1S/C27H44O6Si/c1-18-12-11-13-23(30-6)26(22(5)17-28)32-27(29)24(31-7)16-19(2)15-21(4)25(20(3)14-18)33-34(8,9)10/h11-13,15-17,20-23,25-26H,14H2,1-10H3/b13-11+,18-12+,19-15+,24-16-/t20-,21+,22-,23-,25-,26+/m0/s1. The van der Waals surface area contributed by atoms with Crippen LogP contribution in [0.5, 0.6) is 0 Å². The van der Waals surface area contributed by atoms with Crippen LogP contribution in [0.25, 0.3) is 0 Å². The minimum Gasteiger partial charge on any atom is -0.490 e. The van der Waals surface area contributed by atoms with Crippen LogP contribution in [0.2, 0.25) is 19.6 Å². The summed E-state index contributed by atoms with van der Waals surface area (Å²) in [6.07, 6.45) is 9.85. The van der Waals surface area contributed by atoms with E-state index >= 15 is 0 Å². The SMILES string of the molecule is CO/C1=C\C(C)=C\[C@@H](C)[C@@H](O[Si](C)(C)C)[C@@H](C)C/C(C)=C/C=C/[C@H](OC)[C@@H]([C@@H](C)C=O)OC1=O. The molecule has 1 aliphatic heterocycles. The van der Waals surface area contributed by atoms with Crippen LogP contribution in [0.3, 0.4) is 0 Å². The summed E-state index contributed by atoms with van der Waals surface area (Å²) in [4.78, 5) is 24.5. The number of aldehydes is 1. The Labute approximate surface area is 207 Å². The lowest BCUT2D eigenvalue weighted by molar-refractivity contribution is -0.157. The van der Waals surface area contributed by atoms with E-state index in [0.717, 1.165) is 18.3 Å². The largest absolute Gasteiger partial charge is 0.490 e. The summed E-state index contributed by atoms with van der Waals surface area (Å²) in [7, 11) is 1.18. The van der Waals surface area contributed by atoms with Gasteiger partial charge in [0.2, 0.25) is 5.76 Å². The minimum atomic E-state index is -1.78. The first-order valence-corrected chi connectivity index (χ1v) is 15.4. The van der Waals surface area contributed by atoms with Gasteiger partial charge < -0.3 is 23.4 Å². The number of hydrogen-bond donors (Lipinski definition) is 0. The number of ether oxygens (including phenoxy) is 3. The van der Waals surface area contributed by atoms with E-state index in [2.05, 4.69) is 46.5 Å². The fraction of sp³-hybridized carbons (Fsp3) is 0.630. The molecule has 0 amide bonds. The van der Waals surface area contributed by atoms with Crippen LogP contribution in [0.4, 0.5) is 0 Å². The molecular formula is C27H44O6Si. The molecule has 1 rings (SSSR count). The van der Waals surface area contributed by atoms with Crippen LogP contribution < -0.4 is 0 Å². The van der Waals surface area contributed by atoms with Gasteiger partial charge in [-0.3, -0.25) is 0 Å². The quantitative estimate of drug-likeness (QED) is 0.272. The number of allylic oxidation sites excluding steroid dienone is 5. The molecular weight excluding hydrogens is 448 g/mol. The Balaban J connectivity index is 3.54. The van der Waals surface area contributed by atoms with Crippen molar-refractivity contribution >= 4 is 20.6 Å². The van der Waals surface area contributed by atoms with E-state index in [4.69, 9.17) is 18.6 Å². The fourth-order valence-electron chi connectivity index (χ4n) is 4.19. The van der Waals surface area contributed by atoms with Gasteiger partial charge in [0.25, 0.3) is 0 Å². The summed E-state index contributed by atoms with van der Waals surface area (Å²) in [5, 5.41) is 0. The van der Waals surface area contributed by atoms with E-state index < -0.39 is 32.4 Å². The number of hydrogen-bond acceptors (Lipinski definition) is 6. The van der Waals surface area contributed by atoms with E-state index in [9.17, 15) is 9.59 Å². The first-order chi connectivity index (χ1) is 15.8. The molecule has 0 aromatic heterocycles. The third-order valence-electron chi connectivity index (χ3n) is 5.77. The maximum atomic E-state index is 12.9. The van der Waals surface area contributed by atoms with Crippen molar-refractivity contribution < 1.29 is 28.2 Å². The Kier molecular flexibility index (Phi) is 12.2. The van der Waals surface area contributed by atoms with Crippen LogP contribution >= 0.6 is 0 Å². The number of cyclic esters (lactones) is 1. The molecule has 192 valence electrons. The number of carbonyl (C=O) groups excluding carboxylic acids is 2. The lowest BCUT2D eigenvalue weighted by Crippen LogP contribution is -2.39. The molecule has 0 N–H and O–H groups in total. The van der Waals surface area contributed by atoms with E-state index in [1.54, 1.807) is 13.0 Å². The van der Waals surface area contributed by atoms with Gasteiger partial charge >= 0.3 is 5.97 Å². The van der Waals surface area contributed by atoms with Gasteiger partial charge in [0, 0.05) is 7.11 Å². The van der Waals surface area contributed by atoms with Gasteiger partial charge in [-0.25, -0.2) is 4.79 Å². The zero-order valence-corrected chi connectivity index (χ0v) is 23.6. The molecule has 0 saturated carbocycles. The molecule has 0 saturated heterocycles. The second kappa shape index (κ2) is 13.8. The maximum Gasteiger partial charge on any atom is 0.373 e. The Hall–Kier alpha value is -1.96. The molecule has 7 heteroatoms. The molecule has 0 fully saturated rings. The number of methoxy groups -OCH3 is 2. The van der Waals surface area contributed by atoms with Crippen molar-refractivity contribution in [1.29, 1.82) is 0 Å². The Morgan fingerprint density at radius 2 is 1.82 bits per heavy atom. The maximum absolute atomic E-state index is 12.9. The summed E-state index contributed by atoms with van der Waals surface area (Å²) in [5.74, 6) is -0.707. The van der Waals surface area contributed by atoms with Crippen molar-refractivity contribution in [3.8, 4) is 0 Å². The molecule has 0 spiro atoms. The molecule has 1 aliphatic rings. The molecule has 0 aromatic carbocycles. The monoisotopic (exact) mass is 492 g/mol. The fourth-order valence-corrected chi connectivity index (χ4v) is 5.46. The van der Waals surface area contributed by atoms with Crippen molar-refractivity contribution in [2.45, 2.75) is 79.0 Å². The number of esters is 1. The normalized spacial score (nSPS) is 34.4. The van der Waals surface area contributed by atoms with Crippen LogP contribution in [-0.2, 0) is 28.2 Å². The zero-order valence-electron chi connectivity index (χ0n) is 22.6.